The third kappa shape index (κ3) is 2.88. The smallest absolute Gasteiger partial charge is 0.298 e. The van der Waals surface area contributed by atoms with Crippen molar-refractivity contribution in [3.05, 3.63) is 17.2 Å². The molecule has 0 radical (unpaired) electrons. The highest BCUT2D eigenvalue weighted by molar-refractivity contribution is 6.31. The van der Waals surface area contributed by atoms with Crippen molar-refractivity contribution < 1.29 is 4.42 Å². The summed E-state index contributed by atoms with van der Waals surface area (Å²) in [4.78, 5) is 9.35. The molecule has 1 aromatic heterocycles. The Balaban J connectivity index is 1.75. The zero-order valence-corrected chi connectivity index (χ0v) is 14.3. The molecule has 0 unspecified atom stereocenters. The number of rotatable bonds is 2. The molecule has 2 aromatic rings. The van der Waals surface area contributed by atoms with Gasteiger partial charge in [0.15, 0.2) is 5.58 Å². The number of halogens is 1. The zero-order valence-electron chi connectivity index (χ0n) is 13.5. The average Bonchev–Trinajstić information content (AvgIpc) is 2.99. The van der Waals surface area contributed by atoms with Crippen LogP contribution in [-0.4, -0.2) is 43.7 Å². The van der Waals surface area contributed by atoms with Crippen LogP contribution >= 0.6 is 11.6 Å². The first-order valence-electron chi connectivity index (χ1n) is 8.55. The number of piperazine rings is 1. The second kappa shape index (κ2) is 6.21. The molecule has 3 heterocycles. The van der Waals surface area contributed by atoms with Crippen LogP contribution in [0.5, 0.6) is 0 Å². The third-order valence-electron chi connectivity index (χ3n) is 4.87. The molecule has 2 aliphatic heterocycles. The van der Waals surface area contributed by atoms with E-state index in [1.807, 2.05) is 12.1 Å². The fourth-order valence-electron chi connectivity index (χ4n) is 3.59. The number of hydrogen-bond donors (Lipinski definition) is 1. The lowest BCUT2D eigenvalue weighted by Crippen LogP contribution is -2.50. The highest BCUT2D eigenvalue weighted by atomic mass is 35.5. The first-order chi connectivity index (χ1) is 11.2. The largest absolute Gasteiger partial charge is 0.421 e. The summed E-state index contributed by atoms with van der Waals surface area (Å²) in [6, 6.07) is 5.02. The van der Waals surface area contributed by atoms with Gasteiger partial charge < -0.3 is 19.5 Å². The molecular formula is C17H23ClN4O. The number of fused-ring (bicyclic) bond motifs is 1. The number of benzene rings is 1. The number of nitrogens with one attached hydrogen (secondary N) is 1. The lowest BCUT2D eigenvalue weighted by molar-refractivity contribution is 0.455. The number of piperidine rings is 1. The van der Waals surface area contributed by atoms with Gasteiger partial charge in [0.25, 0.3) is 6.01 Å². The third-order valence-corrected chi connectivity index (χ3v) is 5.09. The molecule has 0 spiro atoms. The van der Waals surface area contributed by atoms with Crippen molar-refractivity contribution in [1.82, 2.24) is 10.3 Å². The van der Waals surface area contributed by atoms with Crippen LogP contribution in [0.2, 0.25) is 5.02 Å². The fourth-order valence-corrected chi connectivity index (χ4v) is 3.79. The molecule has 2 saturated heterocycles. The minimum Gasteiger partial charge on any atom is -0.421 e. The van der Waals surface area contributed by atoms with Gasteiger partial charge in [0.2, 0.25) is 0 Å². The van der Waals surface area contributed by atoms with Gasteiger partial charge in [-0.25, -0.2) is 0 Å². The van der Waals surface area contributed by atoms with Crippen molar-refractivity contribution in [2.24, 2.45) is 0 Å². The quantitative estimate of drug-likeness (QED) is 0.913. The van der Waals surface area contributed by atoms with Gasteiger partial charge in [-0.2, -0.15) is 4.98 Å². The molecule has 2 aliphatic rings. The van der Waals surface area contributed by atoms with E-state index in [1.165, 1.54) is 19.3 Å². The van der Waals surface area contributed by atoms with E-state index in [-0.39, 0.29) is 0 Å². The Labute approximate surface area is 141 Å². The van der Waals surface area contributed by atoms with Crippen molar-refractivity contribution in [1.29, 1.82) is 0 Å². The van der Waals surface area contributed by atoms with Crippen LogP contribution < -0.4 is 15.1 Å². The molecule has 4 rings (SSSR count). The van der Waals surface area contributed by atoms with Crippen LogP contribution in [0.15, 0.2) is 16.5 Å². The van der Waals surface area contributed by atoms with Crippen LogP contribution in [0.25, 0.3) is 11.1 Å². The molecular weight excluding hydrogens is 312 g/mol. The van der Waals surface area contributed by atoms with E-state index in [1.54, 1.807) is 0 Å². The Morgan fingerprint density at radius 1 is 1.22 bits per heavy atom. The maximum atomic E-state index is 6.33. The Kier molecular flexibility index (Phi) is 4.07. The fraction of sp³-hybridized carbons (Fsp3) is 0.588. The minimum absolute atomic E-state index is 0.380. The molecule has 1 N–H and O–H groups in total. The zero-order chi connectivity index (χ0) is 15.8. The van der Waals surface area contributed by atoms with Gasteiger partial charge in [0.1, 0.15) is 5.52 Å². The maximum Gasteiger partial charge on any atom is 0.298 e. The number of nitrogens with zero attached hydrogens (tertiary/aromatic N) is 3. The minimum atomic E-state index is 0.380. The summed E-state index contributed by atoms with van der Waals surface area (Å²) in [5, 5.41) is 4.13. The summed E-state index contributed by atoms with van der Waals surface area (Å²) in [7, 11) is 0. The summed E-state index contributed by atoms with van der Waals surface area (Å²) >= 11 is 6.33. The van der Waals surface area contributed by atoms with E-state index in [0.29, 0.717) is 6.04 Å². The Bertz CT molecular complexity index is 695. The first kappa shape index (κ1) is 15.1. The molecule has 6 heteroatoms. The van der Waals surface area contributed by atoms with Crippen molar-refractivity contribution in [2.45, 2.75) is 32.2 Å². The van der Waals surface area contributed by atoms with Crippen LogP contribution in [0.4, 0.5) is 11.7 Å². The van der Waals surface area contributed by atoms with E-state index in [0.717, 1.165) is 60.5 Å². The van der Waals surface area contributed by atoms with Crippen molar-refractivity contribution in [3.8, 4) is 0 Å². The molecule has 1 atom stereocenters. The van der Waals surface area contributed by atoms with Crippen molar-refractivity contribution >= 4 is 34.4 Å². The van der Waals surface area contributed by atoms with Gasteiger partial charge in [0.05, 0.1) is 5.69 Å². The number of hydrogen-bond acceptors (Lipinski definition) is 5. The molecule has 23 heavy (non-hydrogen) atoms. The normalized spacial score (nSPS) is 22.8. The second-order valence-corrected chi connectivity index (χ2v) is 7.00. The predicted octanol–water partition coefficient (Wildman–Crippen LogP) is 3.27. The van der Waals surface area contributed by atoms with E-state index < -0.39 is 0 Å². The van der Waals surface area contributed by atoms with Crippen LogP contribution in [-0.2, 0) is 0 Å². The average molecular weight is 335 g/mol. The molecule has 1 aromatic carbocycles. The van der Waals surface area contributed by atoms with Gasteiger partial charge >= 0.3 is 0 Å². The van der Waals surface area contributed by atoms with Gasteiger partial charge in [-0.3, -0.25) is 0 Å². The molecule has 0 bridgehead atoms. The van der Waals surface area contributed by atoms with Crippen LogP contribution in [0.1, 0.15) is 26.2 Å². The van der Waals surface area contributed by atoms with Gasteiger partial charge in [-0.1, -0.05) is 11.6 Å². The second-order valence-electron chi connectivity index (χ2n) is 6.56. The molecule has 0 amide bonds. The molecule has 124 valence electrons. The SMILES string of the molecule is C[C@H]1CNCCN1c1nc2cc(Cl)cc(N3CCCCC3)c2o1. The van der Waals surface area contributed by atoms with Crippen molar-refractivity contribution in [3.63, 3.8) is 0 Å². The van der Waals surface area contributed by atoms with E-state index >= 15 is 0 Å². The summed E-state index contributed by atoms with van der Waals surface area (Å²) in [5.41, 5.74) is 2.82. The molecule has 5 nitrogen and oxygen atoms in total. The monoisotopic (exact) mass is 334 g/mol. The van der Waals surface area contributed by atoms with Gasteiger partial charge in [-0.05, 0) is 38.3 Å². The molecule has 0 saturated carbocycles. The summed E-state index contributed by atoms with van der Waals surface area (Å²) in [6.07, 6.45) is 3.76. The lowest BCUT2D eigenvalue weighted by Gasteiger charge is -2.32. The van der Waals surface area contributed by atoms with Gasteiger partial charge in [0, 0.05) is 43.8 Å². The Hall–Kier alpha value is -1.46. The number of oxazole rings is 1. The van der Waals surface area contributed by atoms with E-state index in [2.05, 4.69) is 22.0 Å². The number of aromatic nitrogens is 1. The van der Waals surface area contributed by atoms with Crippen molar-refractivity contribution in [2.75, 3.05) is 42.5 Å². The summed E-state index contributed by atoms with van der Waals surface area (Å²) in [5.74, 6) is 0. The highest BCUT2D eigenvalue weighted by Gasteiger charge is 2.25. The summed E-state index contributed by atoms with van der Waals surface area (Å²) in [6.45, 7) is 7.16. The topological polar surface area (TPSA) is 44.5 Å². The van der Waals surface area contributed by atoms with Crippen LogP contribution in [0.3, 0.4) is 0 Å². The molecule has 0 aliphatic carbocycles. The van der Waals surface area contributed by atoms with Gasteiger partial charge in [-0.15, -0.1) is 0 Å². The standard InChI is InChI=1S/C17H23ClN4O/c1-12-11-19-5-8-22(12)17-20-14-9-13(18)10-15(16(14)23-17)21-6-3-2-4-7-21/h9-10,12,19H,2-8,11H2,1H3/t12-/m0/s1. The number of anilines is 2. The Morgan fingerprint density at radius 3 is 2.83 bits per heavy atom. The van der Waals surface area contributed by atoms with E-state index in [9.17, 15) is 0 Å². The highest BCUT2D eigenvalue weighted by Crippen LogP contribution is 2.35. The first-order valence-corrected chi connectivity index (χ1v) is 8.92. The summed E-state index contributed by atoms with van der Waals surface area (Å²) < 4.78 is 6.20. The lowest BCUT2D eigenvalue weighted by atomic mass is 10.1. The predicted molar refractivity (Wildman–Crippen MR) is 94.8 cm³/mol. The molecule has 2 fully saturated rings. The Morgan fingerprint density at radius 2 is 2.04 bits per heavy atom. The van der Waals surface area contributed by atoms with E-state index in [4.69, 9.17) is 21.0 Å². The maximum absolute atomic E-state index is 6.33. The van der Waals surface area contributed by atoms with Crippen LogP contribution in [0, 0.1) is 0 Å².